The van der Waals surface area contributed by atoms with Crippen molar-refractivity contribution in [1.29, 1.82) is 0 Å². The normalized spacial score (nSPS) is 7.62. The molecule has 0 saturated carbocycles. The lowest BCUT2D eigenvalue weighted by atomic mass is 10.9. The highest BCUT2D eigenvalue weighted by atomic mass is 16.7. The molecule has 0 aromatic rings. The molecule has 0 aliphatic carbocycles. The van der Waals surface area contributed by atoms with Crippen LogP contribution in [0.4, 0.5) is 4.79 Å². The molecule has 8 heavy (non-hydrogen) atoms. The van der Waals surface area contributed by atoms with Crippen molar-refractivity contribution in [3.63, 3.8) is 0 Å². The van der Waals surface area contributed by atoms with E-state index in [9.17, 15) is 4.79 Å². The van der Waals surface area contributed by atoms with Crippen molar-refractivity contribution in [2.24, 2.45) is 0 Å². The van der Waals surface area contributed by atoms with Gasteiger partial charge in [0, 0.05) is 0 Å². The van der Waals surface area contributed by atoms with E-state index in [4.69, 9.17) is 0 Å². The summed E-state index contributed by atoms with van der Waals surface area (Å²) >= 11 is 0. The summed E-state index contributed by atoms with van der Waals surface area (Å²) in [5, 5.41) is 0. The molecular weight excluding hydrogens is 108 g/mol. The van der Waals surface area contributed by atoms with Crippen LogP contribution in [0.15, 0.2) is 12.8 Å². The molecular formula is C5H8O3. The van der Waals surface area contributed by atoms with Gasteiger partial charge in [0.15, 0.2) is 0 Å². The minimum atomic E-state index is -0.706. The van der Waals surface area contributed by atoms with Crippen molar-refractivity contribution in [3.05, 3.63) is 12.8 Å². The summed E-state index contributed by atoms with van der Waals surface area (Å²) in [7, 11) is 0. The van der Waals surface area contributed by atoms with Gasteiger partial charge in [-0.05, 0) is 6.92 Å². The van der Waals surface area contributed by atoms with Crippen LogP contribution in [0.3, 0.4) is 0 Å². The van der Waals surface area contributed by atoms with Gasteiger partial charge in [-0.1, -0.05) is 6.58 Å². The molecule has 0 saturated heterocycles. The van der Waals surface area contributed by atoms with E-state index < -0.39 is 6.16 Å². The third-order valence-electron chi connectivity index (χ3n) is 0.442. The van der Waals surface area contributed by atoms with Gasteiger partial charge in [0.25, 0.3) is 0 Å². The zero-order valence-electron chi connectivity index (χ0n) is 4.72. The highest BCUT2D eigenvalue weighted by Crippen LogP contribution is 1.82. The van der Waals surface area contributed by atoms with Gasteiger partial charge in [-0.25, -0.2) is 4.79 Å². The highest BCUT2D eigenvalue weighted by Gasteiger charge is 1.94. The lowest BCUT2D eigenvalue weighted by molar-refractivity contribution is 0.0896. The summed E-state index contributed by atoms with van der Waals surface area (Å²) in [4.78, 5) is 10.1. The maximum absolute atomic E-state index is 10.1. The fourth-order valence-corrected chi connectivity index (χ4v) is 0.220. The molecule has 0 unspecified atom stereocenters. The second-order valence-electron chi connectivity index (χ2n) is 0.968. The first kappa shape index (κ1) is 7.01. The maximum atomic E-state index is 10.1. The maximum Gasteiger partial charge on any atom is 0.513 e. The summed E-state index contributed by atoms with van der Waals surface area (Å²) in [5.74, 6) is 0. The molecule has 0 bridgehead atoms. The van der Waals surface area contributed by atoms with Gasteiger partial charge in [-0.2, -0.15) is 0 Å². The fraction of sp³-hybridized carbons (Fsp3) is 0.400. The van der Waals surface area contributed by atoms with Gasteiger partial charge < -0.3 is 9.47 Å². The topological polar surface area (TPSA) is 35.5 Å². The van der Waals surface area contributed by atoms with Crippen LogP contribution in [0.1, 0.15) is 6.92 Å². The van der Waals surface area contributed by atoms with Gasteiger partial charge in [0.1, 0.15) is 0 Å². The molecule has 0 spiro atoms. The number of carbonyl (C=O) groups is 1. The van der Waals surface area contributed by atoms with E-state index in [-0.39, 0.29) is 0 Å². The van der Waals surface area contributed by atoms with Crippen LogP contribution in [0, 0.1) is 0 Å². The average Bonchev–Trinajstić information content (AvgIpc) is 1.68. The molecule has 0 aromatic heterocycles. The van der Waals surface area contributed by atoms with Gasteiger partial charge in [0.05, 0.1) is 12.9 Å². The second-order valence-corrected chi connectivity index (χ2v) is 0.968. The lowest BCUT2D eigenvalue weighted by Crippen LogP contribution is -2.01. The summed E-state index contributed by atoms with van der Waals surface area (Å²) in [6, 6.07) is 0. The Kier molecular flexibility index (Phi) is 3.66. The summed E-state index contributed by atoms with van der Waals surface area (Å²) in [5.41, 5.74) is 0. The Bertz CT molecular complexity index is 87.7. The first-order chi connectivity index (χ1) is 3.81. The van der Waals surface area contributed by atoms with Crippen molar-refractivity contribution >= 4 is 6.16 Å². The Morgan fingerprint density at radius 1 is 1.88 bits per heavy atom. The molecule has 0 rings (SSSR count). The molecule has 0 atom stereocenters. The molecule has 0 amide bonds. The number of ether oxygens (including phenoxy) is 2. The third-order valence-corrected chi connectivity index (χ3v) is 0.442. The first-order valence-corrected chi connectivity index (χ1v) is 2.25. The van der Waals surface area contributed by atoms with Crippen molar-refractivity contribution < 1.29 is 14.3 Å². The zero-order chi connectivity index (χ0) is 6.41. The van der Waals surface area contributed by atoms with Crippen LogP contribution < -0.4 is 0 Å². The molecule has 0 radical (unpaired) electrons. The van der Waals surface area contributed by atoms with Crippen LogP contribution in [-0.2, 0) is 9.47 Å². The molecule has 0 aliphatic heterocycles. The van der Waals surface area contributed by atoms with E-state index in [2.05, 4.69) is 16.1 Å². The SMILES string of the molecule is C=COC(=O)OCC. The Morgan fingerprint density at radius 2 is 2.50 bits per heavy atom. The Hall–Kier alpha value is -0.990. The lowest BCUT2D eigenvalue weighted by Gasteiger charge is -1.95. The second kappa shape index (κ2) is 4.18. The standard InChI is InChI=1S/C5H8O3/c1-3-7-5(6)8-4-2/h3H,1,4H2,2H3. The molecule has 0 aromatic carbocycles. The largest absolute Gasteiger partial charge is 0.513 e. The van der Waals surface area contributed by atoms with Crippen LogP contribution in [0.25, 0.3) is 0 Å². The summed E-state index contributed by atoms with van der Waals surface area (Å²) < 4.78 is 8.53. The first-order valence-electron chi connectivity index (χ1n) is 2.25. The van der Waals surface area contributed by atoms with Crippen LogP contribution >= 0.6 is 0 Å². The van der Waals surface area contributed by atoms with Crippen molar-refractivity contribution in [2.75, 3.05) is 6.61 Å². The predicted octanol–water partition coefficient (Wildman–Crippen LogP) is 1.30. The predicted molar refractivity (Wildman–Crippen MR) is 28.3 cm³/mol. The minimum Gasteiger partial charge on any atom is -0.434 e. The van der Waals surface area contributed by atoms with E-state index in [1.54, 1.807) is 6.92 Å². The third kappa shape index (κ3) is 3.21. The Labute approximate surface area is 47.9 Å². The van der Waals surface area contributed by atoms with Crippen molar-refractivity contribution in [1.82, 2.24) is 0 Å². The van der Waals surface area contributed by atoms with E-state index >= 15 is 0 Å². The smallest absolute Gasteiger partial charge is 0.434 e. The zero-order valence-corrected chi connectivity index (χ0v) is 4.72. The number of rotatable bonds is 2. The Balaban J connectivity index is 3.18. The molecule has 0 fully saturated rings. The molecule has 3 nitrogen and oxygen atoms in total. The van der Waals surface area contributed by atoms with Gasteiger partial charge in [-0.15, -0.1) is 0 Å². The van der Waals surface area contributed by atoms with Crippen LogP contribution in [0.5, 0.6) is 0 Å². The fourth-order valence-electron chi connectivity index (χ4n) is 0.220. The minimum absolute atomic E-state index is 0.326. The van der Waals surface area contributed by atoms with Gasteiger partial charge in [0.2, 0.25) is 0 Å². The average molecular weight is 116 g/mol. The molecule has 0 aliphatic rings. The van der Waals surface area contributed by atoms with Gasteiger partial charge in [-0.3, -0.25) is 0 Å². The molecule has 3 heteroatoms. The van der Waals surface area contributed by atoms with Gasteiger partial charge >= 0.3 is 6.16 Å². The molecule has 46 valence electrons. The van der Waals surface area contributed by atoms with E-state index in [1.165, 1.54) is 0 Å². The monoisotopic (exact) mass is 116 g/mol. The van der Waals surface area contributed by atoms with Crippen molar-refractivity contribution in [2.45, 2.75) is 6.92 Å². The quantitative estimate of drug-likeness (QED) is 0.403. The number of carbonyl (C=O) groups excluding carboxylic acids is 1. The van der Waals surface area contributed by atoms with Crippen LogP contribution in [0.2, 0.25) is 0 Å². The van der Waals surface area contributed by atoms with Crippen LogP contribution in [-0.4, -0.2) is 12.8 Å². The van der Waals surface area contributed by atoms with E-state index in [1.807, 2.05) is 0 Å². The number of hydrogen-bond acceptors (Lipinski definition) is 3. The highest BCUT2D eigenvalue weighted by molar-refractivity contribution is 5.60. The summed E-state index contributed by atoms with van der Waals surface area (Å²) in [6.45, 7) is 5.18. The Morgan fingerprint density at radius 3 is 2.88 bits per heavy atom. The van der Waals surface area contributed by atoms with Crippen molar-refractivity contribution in [3.8, 4) is 0 Å². The summed E-state index contributed by atoms with van der Waals surface area (Å²) in [6.07, 6.45) is 0.320. The van der Waals surface area contributed by atoms with E-state index in [0.717, 1.165) is 6.26 Å². The molecule has 0 N–H and O–H groups in total. The molecule has 0 heterocycles. The number of hydrogen-bond donors (Lipinski definition) is 0. The van der Waals surface area contributed by atoms with E-state index in [0.29, 0.717) is 6.61 Å².